The van der Waals surface area contributed by atoms with E-state index in [1.165, 1.54) is 0 Å². The molecule has 8 heteroatoms. The molecule has 0 radical (unpaired) electrons. The maximum Gasteiger partial charge on any atom is 0.525 e. The van der Waals surface area contributed by atoms with Gasteiger partial charge in [0, 0.05) is 13.0 Å². The highest BCUT2D eigenvalue weighted by Gasteiger charge is 2.38. The van der Waals surface area contributed by atoms with E-state index in [2.05, 4.69) is 9.57 Å². The Balaban J connectivity index is 2.55. The molecule has 0 aliphatic carbocycles. The molecule has 1 aliphatic heterocycles. The first-order valence-electron chi connectivity index (χ1n) is 4.71. The largest absolute Gasteiger partial charge is 0.525 e. The predicted molar refractivity (Wildman–Crippen MR) is 48.7 cm³/mol. The van der Waals surface area contributed by atoms with Crippen LogP contribution in [-0.4, -0.2) is 53.1 Å². The van der Waals surface area contributed by atoms with Crippen molar-refractivity contribution in [1.82, 2.24) is 5.06 Å². The summed E-state index contributed by atoms with van der Waals surface area (Å²) in [6, 6.07) is 0. The standard InChI is InChI=1S/C8H13NO7/c1-2-14-5-3-6(15-7(10)11)9(4-5)16-8(12)13/h5-6H,2-4H2,1H3,(H,10,11)(H,12,13)/t5-,6-/m0/s1. The molecule has 1 fully saturated rings. The summed E-state index contributed by atoms with van der Waals surface area (Å²) in [6.45, 7) is 2.39. The fourth-order valence-corrected chi connectivity index (χ4v) is 1.51. The molecule has 0 unspecified atom stereocenters. The molecule has 0 bridgehead atoms. The lowest BCUT2D eigenvalue weighted by molar-refractivity contribution is -0.189. The van der Waals surface area contributed by atoms with Crippen LogP contribution in [0.15, 0.2) is 0 Å². The Hall–Kier alpha value is -1.54. The van der Waals surface area contributed by atoms with Gasteiger partial charge in [-0.25, -0.2) is 9.59 Å². The van der Waals surface area contributed by atoms with Crippen LogP contribution >= 0.6 is 0 Å². The molecular weight excluding hydrogens is 222 g/mol. The summed E-state index contributed by atoms with van der Waals surface area (Å²) in [5.41, 5.74) is 0. The van der Waals surface area contributed by atoms with Crippen molar-refractivity contribution >= 4 is 12.3 Å². The van der Waals surface area contributed by atoms with Gasteiger partial charge in [0.25, 0.3) is 0 Å². The summed E-state index contributed by atoms with van der Waals surface area (Å²) in [5, 5.41) is 17.8. The van der Waals surface area contributed by atoms with Crippen LogP contribution in [0.1, 0.15) is 13.3 Å². The van der Waals surface area contributed by atoms with Gasteiger partial charge in [-0.15, -0.1) is 0 Å². The van der Waals surface area contributed by atoms with Gasteiger partial charge in [-0.1, -0.05) is 5.06 Å². The van der Waals surface area contributed by atoms with Crippen LogP contribution in [-0.2, 0) is 14.3 Å². The Morgan fingerprint density at radius 1 is 1.38 bits per heavy atom. The van der Waals surface area contributed by atoms with Crippen LogP contribution in [0.4, 0.5) is 9.59 Å². The van der Waals surface area contributed by atoms with Crippen molar-refractivity contribution < 1.29 is 34.1 Å². The smallest absolute Gasteiger partial charge is 0.450 e. The van der Waals surface area contributed by atoms with Crippen LogP contribution in [0, 0.1) is 0 Å². The van der Waals surface area contributed by atoms with Gasteiger partial charge in [0.1, 0.15) is 0 Å². The third-order valence-corrected chi connectivity index (χ3v) is 2.00. The van der Waals surface area contributed by atoms with Crippen molar-refractivity contribution in [3.05, 3.63) is 0 Å². The minimum Gasteiger partial charge on any atom is -0.450 e. The van der Waals surface area contributed by atoms with Gasteiger partial charge in [0.2, 0.25) is 0 Å². The highest BCUT2D eigenvalue weighted by atomic mass is 16.8. The van der Waals surface area contributed by atoms with E-state index in [0.29, 0.717) is 6.61 Å². The quantitative estimate of drug-likeness (QED) is 0.687. The average molecular weight is 235 g/mol. The average Bonchev–Trinajstić information content (AvgIpc) is 2.46. The summed E-state index contributed by atoms with van der Waals surface area (Å²) in [4.78, 5) is 25.1. The van der Waals surface area contributed by atoms with Crippen molar-refractivity contribution in [2.75, 3.05) is 13.2 Å². The molecule has 92 valence electrons. The molecule has 0 aromatic rings. The SMILES string of the molecule is CCO[C@H]1C[C@H](OC(=O)O)N(OC(=O)O)C1. The Bertz CT molecular complexity index is 245. The van der Waals surface area contributed by atoms with E-state index >= 15 is 0 Å². The minimum absolute atomic E-state index is 0.151. The summed E-state index contributed by atoms with van der Waals surface area (Å²) >= 11 is 0. The summed E-state index contributed by atoms with van der Waals surface area (Å²) < 4.78 is 9.71. The molecule has 1 rings (SSSR count). The Morgan fingerprint density at radius 3 is 2.56 bits per heavy atom. The minimum atomic E-state index is -1.52. The monoisotopic (exact) mass is 235 g/mol. The molecular formula is C8H13NO7. The molecule has 2 atom stereocenters. The van der Waals surface area contributed by atoms with E-state index in [1.807, 2.05) is 0 Å². The molecule has 2 N–H and O–H groups in total. The molecule has 1 heterocycles. The normalized spacial score (nSPS) is 25.3. The number of hydroxylamine groups is 2. The zero-order valence-electron chi connectivity index (χ0n) is 8.66. The lowest BCUT2D eigenvalue weighted by Gasteiger charge is -2.19. The van der Waals surface area contributed by atoms with Crippen molar-refractivity contribution in [1.29, 1.82) is 0 Å². The van der Waals surface area contributed by atoms with Crippen LogP contribution in [0.3, 0.4) is 0 Å². The Morgan fingerprint density at radius 2 is 2.06 bits per heavy atom. The third-order valence-electron chi connectivity index (χ3n) is 2.00. The van der Waals surface area contributed by atoms with Gasteiger partial charge in [-0.2, -0.15) is 0 Å². The predicted octanol–water partition coefficient (Wildman–Crippen LogP) is 0.728. The number of nitrogens with zero attached hydrogens (tertiary/aromatic N) is 1. The fourth-order valence-electron chi connectivity index (χ4n) is 1.51. The van der Waals surface area contributed by atoms with Crippen LogP contribution in [0.2, 0.25) is 0 Å². The molecule has 16 heavy (non-hydrogen) atoms. The van der Waals surface area contributed by atoms with Crippen LogP contribution in [0.5, 0.6) is 0 Å². The number of hydrogen-bond acceptors (Lipinski definition) is 6. The van der Waals surface area contributed by atoms with Gasteiger partial charge < -0.3 is 24.5 Å². The Kier molecular flexibility index (Phi) is 4.32. The van der Waals surface area contributed by atoms with Gasteiger partial charge in [0.05, 0.1) is 12.6 Å². The van der Waals surface area contributed by atoms with Crippen LogP contribution < -0.4 is 0 Å². The molecule has 1 saturated heterocycles. The number of ether oxygens (including phenoxy) is 2. The highest BCUT2D eigenvalue weighted by Crippen LogP contribution is 2.21. The lowest BCUT2D eigenvalue weighted by Crippen LogP contribution is -2.35. The molecule has 1 aliphatic rings. The first-order chi connectivity index (χ1) is 7.52. The highest BCUT2D eigenvalue weighted by molar-refractivity contribution is 5.57. The molecule has 0 amide bonds. The van der Waals surface area contributed by atoms with Crippen molar-refractivity contribution in [2.45, 2.75) is 25.7 Å². The maximum atomic E-state index is 10.4. The van der Waals surface area contributed by atoms with E-state index in [9.17, 15) is 9.59 Å². The molecule has 0 spiro atoms. The first kappa shape index (κ1) is 12.5. The lowest BCUT2D eigenvalue weighted by atomic mass is 10.3. The van der Waals surface area contributed by atoms with E-state index < -0.39 is 18.5 Å². The van der Waals surface area contributed by atoms with Gasteiger partial charge in [0.15, 0.2) is 6.23 Å². The second-order valence-corrected chi connectivity index (χ2v) is 3.11. The zero-order chi connectivity index (χ0) is 12.1. The van der Waals surface area contributed by atoms with Gasteiger partial charge in [-0.05, 0) is 6.92 Å². The molecule has 0 aromatic carbocycles. The fraction of sp³-hybridized carbons (Fsp3) is 0.750. The maximum absolute atomic E-state index is 10.4. The number of carboxylic acid groups (broad SMARTS) is 2. The van der Waals surface area contributed by atoms with E-state index in [1.54, 1.807) is 6.92 Å². The second-order valence-electron chi connectivity index (χ2n) is 3.11. The number of hydrogen-bond donors (Lipinski definition) is 2. The summed E-state index contributed by atoms with van der Waals surface area (Å²) in [6.07, 6.45) is -4.01. The number of rotatable bonds is 4. The van der Waals surface area contributed by atoms with E-state index in [4.69, 9.17) is 14.9 Å². The summed E-state index contributed by atoms with van der Waals surface area (Å²) in [5.74, 6) is 0. The molecule has 0 saturated carbocycles. The Labute approximate surface area is 91.3 Å². The summed E-state index contributed by atoms with van der Waals surface area (Å²) in [7, 11) is 0. The van der Waals surface area contributed by atoms with Crippen molar-refractivity contribution in [3.63, 3.8) is 0 Å². The third kappa shape index (κ3) is 3.55. The van der Waals surface area contributed by atoms with Crippen molar-refractivity contribution in [2.24, 2.45) is 0 Å². The van der Waals surface area contributed by atoms with Crippen LogP contribution in [0.25, 0.3) is 0 Å². The molecule has 0 aromatic heterocycles. The first-order valence-corrected chi connectivity index (χ1v) is 4.71. The van der Waals surface area contributed by atoms with Gasteiger partial charge >= 0.3 is 12.3 Å². The second kappa shape index (κ2) is 5.52. The molecule has 8 nitrogen and oxygen atoms in total. The topological polar surface area (TPSA) is 106 Å². The van der Waals surface area contributed by atoms with E-state index in [0.717, 1.165) is 5.06 Å². The zero-order valence-corrected chi connectivity index (χ0v) is 8.66. The van der Waals surface area contributed by atoms with Gasteiger partial charge in [-0.3, -0.25) is 0 Å². The van der Waals surface area contributed by atoms with E-state index in [-0.39, 0.29) is 19.1 Å². The van der Waals surface area contributed by atoms with Crippen molar-refractivity contribution in [3.8, 4) is 0 Å². The number of carbonyl (C=O) groups is 2.